The highest BCUT2D eigenvalue weighted by Gasteiger charge is 2.46. The van der Waals surface area contributed by atoms with Crippen LogP contribution in [0.15, 0.2) is 12.1 Å². The molecule has 1 spiro atoms. The average molecular weight is 403 g/mol. The Balaban J connectivity index is 0.000000345. The first-order valence-electron chi connectivity index (χ1n) is 9.48. The summed E-state index contributed by atoms with van der Waals surface area (Å²) in [5.41, 5.74) is 1.53. The summed E-state index contributed by atoms with van der Waals surface area (Å²) in [4.78, 5) is 11.3. The zero-order valence-corrected chi connectivity index (χ0v) is 16.5. The maximum Gasteiger partial charge on any atom is 0.490 e. The van der Waals surface area contributed by atoms with Gasteiger partial charge < -0.3 is 14.7 Å². The number of anilines is 1. The number of alkyl halides is 3. The van der Waals surface area contributed by atoms with Crippen molar-refractivity contribution in [1.29, 1.82) is 0 Å². The Morgan fingerprint density at radius 2 is 1.86 bits per heavy atom. The summed E-state index contributed by atoms with van der Waals surface area (Å²) in [6.45, 7) is 9.54. The van der Waals surface area contributed by atoms with E-state index >= 15 is 0 Å². The van der Waals surface area contributed by atoms with Gasteiger partial charge in [-0.1, -0.05) is 13.8 Å². The van der Waals surface area contributed by atoms with Gasteiger partial charge in [-0.2, -0.15) is 18.3 Å². The van der Waals surface area contributed by atoms with E-state index in [1.807, 2.05) is 13.0 Å². The maximum absolute atomic E-state index is 10.6. The van der Waals surface area contributed by atoms with Crippen LogP contribution in [-0.4, -0.2) is 53.2 Å². The van der Waals surface area contributed by atoms with Crippen LogP contribution in [0.1, 0.15) is 45.2 Å². The predicted molar refractivity (Wildman–Crippen MR) is 98.2 cm³/mol. The fourth-order valence-corrected chi connectivity index (χ4v) is 3.53. The fourth-order valence-electron chi connectivity index (χ4n) is 3.53. The highest BCUT2D eigenvalue weighted by molar-refractivity contribution is 5.73. The van der Waals surface area contributed by atoms with Crippen LogP contribution in [0.25, 0.3) is 0 Å². The lowest BCUT2D eigenvalue weighted by Gasteiger charge is -2.52. The number of aryl methyl sites for hydroxylation is 1. The van der Waals surface area contributed by atoms with Crippen LogP contribution in [0.4, 0.5) is 19.0 Å². The van der Waals surface area contributed by atoms with Gasteiger partial charge in [0.05, 0.1) is 11.8 Å². The van der Waals surface area contributed by atoms with E-state index < -0.39 is 12.1 Å². The standard InChI is InChI=1S/C17H27N3O.C2HF3O2/c1-13(2)12-21-15-10-17(11-15)6-8-20(9-7-17)16-5-4-14(3)18-19-16;3-2(4,5)1(6)7/h4-5,13,15H,6-12H2,1-3H3;(H,6,7). The molecule has 1 aromatic heterocycles. The Bertz CT molecular complexity index is 634. The Labute approximate surface area is 163 Å². The van der Waals surface area contributed by atoms with Crippen LogP contribution in [0.2, 0.25) is 0 Å². The molecule has 9 heteroatoms. The van der Waals surface area contributed by atoms with Crippen molar-refractivity contribution in [2.24, 2.45) is 11.3 Å². The molecule has 1 aliphatic carbocycles. The summed E-state index contributed by atoms with van der Waals surface area (Å²) >= 11 is 0. The molecule has 0 amide bonds. The molecular formula is C19H28F3N3O3. The maximum atomic E-state index is 10.6. The molecule has 0 bridgehead atoms. The number of hydrogen-bond acceptors (Lipinski definition) is 5. The second kappa shape index (κ2) is 9.07. The van der Waals surface area contributed by atoms with Gasteiger partial charge in [-0.25, -0.2) is 4.79 Å². The lowest BCUT2D eigenvalue weighted by Crippen LogP contribution is -2.50. The first-order chi connectivity index (χ1) is 13.0. The fraction of sp³-hybridized carbons (Fsp3) is 0.737. The lowest BCUT2D eigenvalue weighted by atomic mass is 9.61. The van der Waals surface area contributed by atoms with Crippen molar-refractivity contribution < 1.29 is 27.8 Å². The van der Waals surface area contributed by atoms with Crippen LogP contribution in [-0.2, 0) is 9.53 Å². The molecule has 158 valence electrons. The van der Waals surface area contributed by atoms with Gasteiger partial charge >= 0.3 is 12.1 Å². The largest absolute Gasteiger partial charge is 0.490 e. The monoisotopic (exact) mass is 403 g/mol. The van der Waals surface area contributed by atoms with Gasteiger partial charge in [-0.05, 0) is 56.1 Å². The first-order valence-corrected chi connectivity index (χ1v) is 9.48. The van der Waals surface area contributed by atoms with Crippen LogP contribution in [0.3, 0.4) is 0 Å². The van der Waals surface area contributed by atoms with Crippen molar-refractivity contribution in [2.75, 3.05) is 24.6 Å². The number of piperidine rings is 1. The van der Waals surface area contributed by atoms with E-state index in [0.29, 0.717) is 17.4 Å². The zero-order chi connectivity index (χ0) is 20.9. The molecule has 2 aliphatic rings. The van der Waals surface area contributed by atoms with Gasteiger partial charge in [-0.3, -0.25) is 0 Å². The molecule has 0 aromatic carbocycles. The Hall–Kier alpha value is -1.90. The molecular weight excluding hydrogens is 375 g/mol. The molecule has 0 atom stereocenters. The summed E-state index contributed by atoms with van der Waals surface area (Å²) in [5.74, 6) is -1.08. The summed E-state index contributed by atoms with van der Waals surface area (Å²) in [6, 6.07) is 4.14. The van der Waals surface area contributed by atoms with E-state index in [4.69, 9.17) is 14.6 Å². The first kappa shape index (κ1) is 22.4. The number of carbonyl (C=O) groups is 1. The normalized spacial score (nSPS) is 19.2. The second-order valence-electron chi connectivity index (χ2n) is 8.08. The zero-order valence-electron chi connectivity index (χ0n) is 16.5. The third-order valence-electron chi connectivity index (χ3n) is 5.16. The second-order valence-corrected chi connectivity index (χ2v) is 8.08. The molecule has 1 saturated heterocycles. The summed E-state index contributed by atoms with van der Waals surface area (Å²) in [6.07, 6.45) is 0.479. The summed E-state index contributed by atoms with van der Waals surface area (Å²) < 4.78 is 37.7. The van der Waals surface area contributed by atoms with E-state index in [1.54, 1.807) is 0 Å². The van der Waals surface area contributed by atoms with Crippen molar-refractivity contribution >= 4 is 11.8 Å². The van der Waals surface area contributed by atoms with Crippen molar-refractivity contribution in [3.8, 4) is 0 Å². The van der Waals surface area contributed by atoms with Crippen molar-refractivity contribution in [3.05, 3.63) is 17.8 Å². The van der Waals surface area contributed by atoms with Crippen LogP contribution in [0, 0.1) is 18.3 Å². The number of aliphatic carboxylic acids is 1. The molecule has 1 aromatic rings. The van der Waals surface area contributed by atoms with E-state index in [0.717, 1.165) is 31.2 Å². The van der Waals surface area contributed by atoms with Gasteiger partial charge in [0.15, 0.2) is 5.82 Å². The van der Waals surface area contributed by atoms with Gasteiger partial charge in [0, 0.05) is 19.7 Å². The van der Waals surface area contributed by atoms with Gasteiger partial charge in [-0.15, -0.1) is 5.10 Å². The average Bonchev–Trinajstić information content (AvgIpc) is 2.59. The molecule has 0 radical (unpaired) electrons. The van der Waals surface area contributed by atoms with E-state index in [9.17, 15) is 13.2 Å². The highest BCUT2D eigenvalue weighted by atomic mass is 19.4. The minimum Gasteiger partial charge on any atom is -0.475 e. The molecule has 2 heterocycles. The molecule has 1 saturated carbocycles. The van der Waals surface area contributed by atoms with E-state index in [1.165, 1.54) is 25.7 Å². The van der Waals surface area contributed by atoms with Crippen LogP contribution in [0.5, 0.6) is 0 Å². The summed E-state index contributed by atoms with van der Waals surface area (Å²) in [5, 5.41) is 15.6. The number of nitrogens with zero attached hydrogens (tertiary/aromatic N) is 3. The summed E-state index contributed by atoms with van der Waals surface area (Å²) in [7, 11) is 0. The number of aromatic nitrogens is 2. The molecule has 3 rings (SSSR count). The molecule has 6 nitrogen and oxygen atoms in total. The third-order valence-corrected chi connectivity index (χ3v) is 5.16. The van der Waals surface area contributed by atoms with Gasteiger partial charge in [0.2, 0.25) is 0 Å². The van der Waals surface area contributed by atoms with Crippen LogP contribution < -0.4 is 4.90 Å². The number of rotatable bonds is 4. The molecule has 28 heavy (non-hydrogen) atoms. The van der Waals surface area contributed by atoms with E-state index in [-0.39, 0.29) is 0 Å². The molecule has 2 fully saturated rings. The number of ether oxygens (including phenoxy) is 1. The number of carboxylic acid groups (broad SMARTS) is 1. The number of hydrogen-bond donors (Lipinski definition) is 1. The smallest absolute Gasteiger partial charge is 0.475 e. The SMILES string of the molecule is Cc1ccc(N2CCC3(CC2)CC(OCC(C)C)C3)nn1.O=C(O)C(F)(F)F. The Morgan fingerprint density at radius 1 is 1.29 bits per heavy atom. The molecule has 1 N–H and O–H groups in total. The highest BCUT2D eigenvalue weighted by Crippen LogP contribution is 2.50. The Kier molecular flexibility index (Phi) is 7.25. The lowest BCUT2D eigenvalue weighted by molar-refractivity contribution is -0.192. The van der Waals surface area contributed by atoms with Crippen molar-refractivity contribution in [2.45, 2.75) is 58.7 Å². The minimum atomic E-state index is -5.08. The molecule has 0 unspecified atom stereocenters. The third kappa shape index (κ3) is 6.32. The molecule has 1 aliphatic heterocycles. The van der Waals surface area contributed by atoms with Gasteiger partial charge in [0.25, 0.3) is 0 Å². The van der Waals surface area contributed by atoms with E-state index in [2.05, 4.69) is 35.0 Å². The van der Waals surface area contributed by atoms with Gasteiger partial charge in [0.1, 0.15) is 0 Å². The van der Waals surface area contributed by atoms with Crippen molar-refractivity contribution in [1.82, 2.24) is 10.2 Å². The number of carboxylic acids is 1. The minimum absolute atomic E-state index is 0.512. The number of halogens is 3. The Morgan fingerprint density at radius 3 is 2.29 bits per heavy atom. The van der Waals surface area contributed by atoms with Crippen molar-refractivity contribution in [3.63, 3.8) is 0 Å². The van der Waals surface area contributed by atoms with Crippen LogP contribution >= 0.6 is 0 Å². The predicted octanol–water partition coefficient (Wildman–Crippen LogP) is 3.84. The topological polar surface area (TPSA) is 75.5 Å². The quantitative estimate of drug-likeness (QED) is 0.823.